The Morgan fingerprint density at radius 2 is 1.91 bits per heavy atom. The smallest absolute Gasteiger partial charge is 0.163 e. The molecular formula is C15H12N4O3. The summed E-state index contributed by atoms with van der Waals surface area (Å²) in [5.74, 6) is 1.04. The molecule has 7 nitrogen and oxygen atoms in total. The van der Waals surface area contributed by atoms with E-state index in [4.69, 9.17) is 30.0 Å². The first-order valence-corrected chi connectivity index (χ1v) is 6.35. The number of hydrogen-bond donors (Lipinski definition) is 1. The van der Waals surface area contributed by atoms with E-state index in [1.54, 1.807) is 36.4 Å². The normalized spacial score (nSPS) is 12.8. The van der Waals surface area contributed by atoms with Crippen molar-refractivity contribution in [1.82, 2.24) is 0 Å². The third-order valence-electron chi connectivity index (χ3n) is 2.92. The van der Waals surface area contributed by atoms with Gasteiger partial charge in [0.15, 0.2) is 17.1 Å². The zero-order valence-corrected chi connectivity index (χ0v) is 11.8. The number of nitrogens with zero attached hydrogens (tertiary/aromatic N) is 3. The Morgan fingerprint density at radius 1 is 1.18 bits per heavy atom. The number of benzene rings is 1. The van der Waals surface area contributed by atoms with Crippen molar-refractivity contribution in [2.45, 2.75) is 6.10 Å². The van der Waals surface area contributed by atoms with E-state index in [1.807, 2.05) is 0 Å². The molecule has 2 rings (SSSR count). The van der Waals surface area contributed by atoms with E-state index >= 15 is 0 Å². The topological polar surface area (TPSA) is 111 Å². The molecule has 1 heterocycles. The number of ether oxygens (including phenoxy) is 3. The summed E-state index contributed by atoms with van der Waals surface area (Å²) in [6.07, 6.45) is 0.00561. The van der Waals surface area contributed by atoms with Gasteiger partial charge in [-0.2, -0.15) is 15.8 Å². The number of hydrogen-bond acceptors (Lipinski definition) is 7. The lowest BCUT2D eigenvalue weighted by atomic mass is 10.2. The van der Waals surface area contributed by atoms with Crippen LogP contribution in [0.5, 0.6) is 11.5 Å². The molecule has 0 radical (unpaired) electrons. The van der Waals surface area contributed by atoms with Gasteiger partial charge in [0, 0.05) is 11.8 Å². The molecule has 1 aliphatic rings. The van der Waals surface area contributed by atoms with Gasteiger partial charge >= 0.3 is 0 Å². The van der Waals surface area contributed by atoms with E-state index in [0.717, 1.165) is 0 Å². The van der Waals surface area contributed by atoms with E-state index < -0.39 is 0 Å². The van der Waals surface area contributed by atoms with Gasteiger partial charge in [0.05, 0.1) is 20.3 Å². The maximum atomic E-state index is 9.02. The molecule has 1 fully saturated rings. The number of allylic oxidation sites excluding steroid dienone is 2. The second-order valence-electron chi connectivity index (χ2n) is 4.35. The zero-order chi connectivity index (χ0) is 15.9. The number of nitriles is 3. The van der Waals surface area contributed by atoms with Crippen LogP contribution in [0.1, 0.15) is 0 Å². The lowest BCUT2D eigenvalue weighted by Crippen LogP contribution is -2.38. The highest BCUT2D eigenvalue weighted by atomic mass is 16.6. The molecule has 0 amide bonds. The summed E-state index contributed by atoms with van der Waals surface area (Å²) < 4.78 is 16.0. The average molecular weight is 296 g/mol. The molecule has 0 spiro atoms. The molecule has 1 aromatic rings. The van der Waals surface area contributed by atoms with Crippen LogP contribution in [0, 0.1) is 34.0 Å². The number of anilines is 1. The first-order valence-electron chi connectivity index (χ1n) is 6.35. The summed E-state index contributed by atoms with van der Waals surface area (Å²) in [6.45, 7) is 1.08. The summed E-state index contributed by atoms with van der Waals surface area (Å²) >= 11 is 0. The summed E-state index contributed by atoms with van der Waals surface area (Å²) in [5, 5.41) is 29.4. The van der Waals surface area contributed by atoms with Crippen molar-refractivity contribution >= 4 is 5.69 Å². The summed E-state index contributed by atoms with van der Waals surface area (Å²) in [7, 11) is 1.50. The third-order valence-corrected chi connectivity index (χ3v) is 2.92. The van der Waals surface area contributed by atoms with Crippen molar-refractivity contribution in [2.75, 3.05) is 25.6 Å². The standard InChI is InChI=1S/C15H12N4O3/c1-20-15-4-11(19-13(7-18)10(5-16)6-17)2-3-14(15)22-12-8-21-9-12/h2-4,12,19H,8-9H2,1H3. The van der Waals surface area contributed by atoms with E-state index in [-0.39, 0.29) is 17.4 Å². The second kappa shape index (κ2) is 6.99. The molecule has 0 unspecified atom stereocenters. The van der Waals surface area contributed by atoms with Gasteiger partial charge in [-0.15, -0.1) is 0 Å². The van der Waals surface area contributed by atoms with Crippen molar-refractivity contribution in [2.24, 2.45) is 0 Å². The van der Waals surface area contributed by atoms with Crippen LogP contribution in [-0.2, 0) is 4.74 Å². The van der Waals surface area contributed by atoms with E-state index in [9.17, 15) is 0 Å². The Hall–Kier alpha value is -3.21. The lowest BCUT2D eigenvalue weighted by Gasteiger charge is -2.27. The molecule has 7 heteroatoms. The van der Waals surface area contributed by atoms with Gasteiger partial charge in [-0.05, 0) is 12.1 Å². The highest BCUT2D eigenvalue weighted by Gasteiger charge is 2.21. The molecule has 1 N–H and O–H groups in total. The van der Waals surface area contributed by atoms with Crippen LogP contribution in [0.3, 0.4) is 0 Å². The fourth-order valence-electron chi connectivity index (χ4n) is 1.73. The molecule has 0 atom stereocenters. The molecule has 1 saturated heterocycles. The molecule has 1 aliphatic heterocycles. The van der Waals surface area contributed by atoms with Gasteiger partial charge in [0.2, 0.25) is 0 Å². The Bertz CT molecular complexity index is 702. The summed E-state index contributed by atoms with van der Waals surface area (Å²) in [5.41, 5.74) is 0.107. The van der Waals surface area contributed by atoms with Crippen LogP contribution in [0.25, 0.3) is 0 Å². The van der Waals surface area contributed by atoms with Crippen molar-refractivity contribution in [3.63, 3.8) is 0 Å². The van der Waals surface area contributed by atoms with Gasteiger partial charge in [-0.3, -0.25) is 0 Å². The quantitative estimate of drug-likeness (QED) is 0.823. The Balaban J connectivity index is 2.23. The molecule has 0 saturated carbocycles. The molecule has 1 aromatic carbocycles. The molecule has 110 valence electrons. The van der Waals surface area contributed by atoms with Crippen LogP contribution < -0.4 is 14.8 Å². The molecule has 0 aromatic heterocycles. The molecule has 22 heavy (non-hydrogen) atoms. The van der Waals surface area contributed by atoms with Crippen LogP contribution in [0.4, 0.5) is 5.69 Å². The number of methoxy groups -OCH3 is 1. The molecule has 0 bridgehead atoms. The zero-order valence-electron chi connectivity index (χ0n) is 11.8. The SMILES string of the molecule is COc1cc(NC(C#N)=C(C#N)C#N)ccc1OC1COC1. The minimum atomic E-state index is -0.284. The van der Waals surface area contributed by atoms with Gasteiger partial charge < -0.3 is 19.5 Å². The minimum absolute atomic E-state index is 0.00561. The second-order valence-corrected chi connectivity index (χ2v) is 4.35. The monoisotopic (exact) mass is 296 g/mol. The number of nitrogens with one attached hydrogen (secondary N) is 1. The Kier molecular flexibility index (Phi) is 4.82. The number of rotatable bonds is 5. The summed E-state index contributed by atoms with van der Waals surface area (Å²) in [4.78, 5) is 0. The van der Waals surface area contributed by atoms with E-state index in [2.05, 4.69) is 5.32 Å². The highest BCUT2D eigenvalue weighted by molar-refractivity contribution is 5.62. The van der Waals surface area contributed by atoms with Gasteiger partial charge in [0.25, 0.3) is 0 Å². The van der Waals surface area contributed by atoms with Crippen LogP contribution >= 0.6 is 0 Å². The minimum Gasteiger partial charge on any atom is -0.493 e. The fraction of sp³-hybridized carbons (Fsp3) is 0.267. The van der Waals surface area contributed by atoms with Crippen molar-refractivity contribution in [3.8, 4) is 29.7 Å². The van der Waals surface area contributed by atoms with Crippen LogP contribution in [0.15, 0.2) is 29.5 Å². The Labute approximate surface area is 127 Å². The molecular weight excluding hydrogens is 284 g/mol. The predicted molar refractivity (Wildman–Crippen MR) is 75.7 cm³/mol. The van der Waals surface area contributed by atoms with E-state index in [0.29, 0.717) is 30.4 Å². The lowest BCUT2D eigenvalue weighted by molar-refractivity contribution is -0.0803. The van der Waals surface area contributed by atoms with Crippen LogP contribution in [0.2, 0.25) is 0 Å². The maximum Gasteiger partial charge on any atom is 0.163 e. The first kappa shape index (κ1) is 15.2. The third kappa shape index (κ3) is 3.27. The maximum absolute atomic E-state index is 9.02. The Morgan fingerprint density at radius 3 is 2.41 bits per heavy atom. The first-order chi connectivity index (χ1) is 10.7. The van der Waals surface area contributed by atoms with Crippen LogP contribution in [-0.4, -0.2) is 26.4 Å². The van der Waals surface area contributed by atoms with Gasteiger partial charge in [0.1, 0.15) is 30.0 Å². The average Bonchev–Trinajstić information content (AvgIpc) is 2.51. The largest absolute Gasteiger partial charge is 0.493 e. The highest BCUT2D eigenvalue weighted by Crippen LogP contribution is 2.32. The van der Waals surface area contributed by atoms with Crippen molar-refractivity contribution in [1.29, 1.82) is 15.8 Å². The fourth-order valence-corrected chi connectivity index (χ4v) is 1.73. The van der Waals surface area contributed by atoms with Gasteiger partial charge in [-0.1, -0.05) is 0 Å². The molecule has 0 aliphatic carbocycles. The van der Waals surface area contributed by atoms with Crippen molar-refractivity contribution < 1.29 is 14.2 Å². The summed E-state index contributed by atoms with van der Waals surface area (Å²) in [6, 6.07) is 10.1. The van der Waals surface area contributed by atoms with Crippen molar-refractivity contribution in [3.05, 3.63) is 29.5 Å². The van der Waals surface area contributed by atoms with Gasteiger partial charge in [-0.25, -0.2) is 0 Å². The predicted octanol–water partition coefficient (Wildman–Crippen LogP) is 1.71. The van der Waals surface area contributed by atoms with E-state index in [1.165, 1.54) is 7.11 Å².